The third-order valence-corrected chi connectivity index (χ3v) is 4.45. The first-order valence-electron chi connectivity index (χ1n) is 6.19. The Kier molecular flexibility index (Phi) is 2.93. The molecule has 19 heavy (non-hydrogen) atoms. The predicted molar refractivity (Wildman–Crippen MR) is 76.1 cm³/mol. The van der Waals surface area contributed by atoms with Gasteiger partial charge < -0.3 is 15.5 Å². The van der Waals surface area contributed by atoms with E-state index in [1.54, 1.807) is 6.07 Å². The fraction of sp³-hybridized carbons (Fsp3) is 0.286. The zero-order chi connectivity index (χ0) is 13.6. The van der Waals surface area contributed by atoms with Crippen molar-refractivity contribution >= 4 is 39.0 Å². The number of aromatic amines is 1. The summed E-state index contributed by atoms with van der Waals surface area (Å²) in [4.78, 5) is 25.7. The number of carbonyl (C=O) groups is 2. The van der Waals surface area contributed by atoms with Crippen molar-refractivity contribution in [2.24, 2.45) is 11.7 Å². The van der Waals surface area contributed by atoms with Gasteiger partial charge in [-0.15, -0.1) is 0 Å². The molecular weight excluding hydrogens is 308 g/mol. The van der Waals surface area contributed by atoms with E-state index in [0.717, 1.165) is 40.2 Å². The average molecular weight is 321 g/mol. The van der Waals surface area contributed by atoms with Crippen LogP contribution in [0.25, 0.3) is 10.9 Å². The van der Waals surface area contributed by atoms with E-state index < -0.39 is 5.91 Å². The number of hydrogen-bond acceptors (Lipinski definition) is 2. The van der Waals surface area contributed by atoms with E-state index in [9.17, 15) is 9.59 Å². The van der Waals surface area contributed by atoms with Gasteiger partial charge in [-0.25, -0.2) is 0 Å². The van der Waals surface area contributed by atoms with Crippen LogP contribution >= 0.6 is 15.9 Å². The fourth-order valence-electron chi connectivity index (χ4n) is 2.84. The third-order valence-electron chi connectivity index (χ3n) is 3.79. The minimum Gasteiger partial charge on any atom is -0.366 e. The van der Waals surface area contributed by atoms with E-state index >= 15 is 0 Å². The average Bonchev–Trinajstić information content (AvgIpc) is 2.77. The Morgan fingerprint density at radius 1 is 1.47 bits per heavy atom. The first-order chi connectivity index (χ1) is 9.11. The smallest absolute Gasteiger partial charge is 0.250 e. The largest absolute Gasteiger partial charge is 0.366 e. The monoisotopic (exact) mass is 320 g/mol. The molecule has 1 aromatic heterocycles. The molecule has 0 bridgehead atoms. The Morgan fingerprint density at radius 2 is 2.26 bits per heavy atom. The number of aryl methyl sites for hydroxylation is 1. The lowest BCUT2D eigenvalue weighted by molar-refractivity contribution is -0.111. The molecule has 98 valence electrons. The number of aromatic nitrogens is 1. The van der Waals surface area contributed by atoms with Crippen LogP contribution in [0.5, 0.6) is 0 Å². The molecule has 1 heterocycles. The number of H-pyrrole nitrogens is 1. The normalized spacial score (nSPS) is 18.3. The number of nitrogens with one attached hydrogen (secondary N) is 1. The summed E-state index contributed by atoms with van der Waals surface area (Å²) in [7, 11) is 0. The topological polar surface area (TPSA) is 76.0 Å². The van der Waals surface area contributed by atoms with Crippen molar-refractivity contribution in [2.75, 3.05) is 0 Å². The third kappa shape index (κ3) is 1.89. The van der Waals surface area contributed by atoms with Gasteiger partial charge in [-0.3, -0.25) is 4.79 Å². The van der Waals surface area contributed by atoms with Crippen LogP contribution < -0.4 is 5.73 Å². The number of amides is 1. The molecule has 1 amide bonds. The molecule has 3 rings (SSSR count). The highest BCUT2D eigenvalue weighted by atomic mass is 79.9. The maximum atomic E-state index is 11.5. The van der Waals surface area contributed by atoms with Crippen molar-refractivity contribution in [3.05, 3.63) is 33.4 Å². The predicted octanol–water partition coefficient (Wildman–Crippen LogP) is 2.33. The van der Waals surface area contributed by atoms with Crippen molar-refractivity contribution in [3.63, 3.8) is 0 Å². The maximum Gasteiger partial charge on any atom is 0.250 e. The number of nitrogens with two attached hydrogens (primary N) is 1. The van der Waals surface area contributed by atoms with Crippen LogP contribution in [0.4, 0.5) is 0 Å². The van der Waals surface area contributed by atoms with Crippen molar-refractivity contribution in [1.82, 2.24) is 4.98 Å². The molecule has 1 unspecified atom stereocenters. The number of carbonyl (C=O) groups excluding carboxylic acids is 2. The zero-order valence-electron chi connectivity index (χ0n) is 10.2. The molecule has 2 aromatic rings. The van der Waals surface area contributed by atoms with E-state index in [4.69, 9.17) is 5.73 Å². The van der Waals surface area contributed by atoms with Gasteiger partial charge in [-0.2, -0.15) is 0 Å². The summed E-state index contributed by atoms with van der Waals surface area (Å²) in [5.74, 6) is -0.376. The highest BCUT2D eigenvalue weighted by molar-refractivity contribution is 9.10. The highest BCUT2D eigenvalue weighted by Gasteiger charge is 2.24. The number of halogens is 1. The first kappa shape index (κ1) is 12.4. The summed E-state index contributed by atoms with van der Waals surface area (Å²) < 4.78 is 0.953. The number of aldehydes is 1. The number of benzene rings is 1. The Bertz CT molecular complexity index is 690. The summed E-state index contributed by atoms with van der Waals surface area (Å²) in [6, 6.07) is 3.57. The molecular formula is C14H13BrN2O2. The van der Waals surface area contributed by atoms with Crippen LogP contribution in [0, 0.1) is 5.92 Å². The molecule has 0 saturated carbocycles. The second-order valence-electron chi connectivity index (χ2n) is 4.93. The molecule has 0 fully saturated rings. The minimum atomic E-state index is -0.442. The summed E-state index contributed by atoms with van der Waals surface area (Å²) >= 11 is 3.53. The molecule has 1 aromatic carbocycles. The molecule has 0 spiro atoms. The standard InChI is InChI=1S/C14H13BrN2O2/c15-10-4-3-9(14(16)19)13-12(10)8-2-1-7(6-18)5-11(8)17-13/h3-4,6-7,17H,1-2,5H2,(H2,16,19). The molecule has 4 nitrogen and oxygen atoms in total. The molecule has 1 aliphatic carbocycles. The van der Waals surface area contributed by atoms with E-state index in [1.807, 2.05) is 6.07 Å². The van der Waals surface area contributed by atoms with Crippen molar-refractivity contribution in [2.45, 2.75) is 19.3 Å². The van der Waals surface area contributed by atoms with Gasteiger partial charge >= 0.3 is 0 Å². The lowest BCUT2D eigenvalue weighted by atomic mass is 9.88. The summed E-state index contributed by atoms with van der Waals surface area (Å²) in [6.45, 7) is 0. The molecule has 1 atom stereocenters. The van der Waals surface area contributed by atoms with Crippen LogP contribution in [-0.4, -0.2) is 17.2 Å². The molecule has 0 aliphatic heterocycles. The molecule has 3 N–H and O–H groups in total. The maximum absolute atomic E-state index is 11.5. The van der Waals surface area contributed by atoms with Crippen LogP contribution in [-0.2, 0) is 17.6 Å². The second kappa shape index (κ2) is 4.49. The first-order valence-corrected chi connectivity index (χ1v) is 6.98. The fourth-order valence-corrected chi connectivity index (χ4v) is 3.41. The lowest BCUT2D eigenvalue weighted by Gasteiger charge is -2.17. The Morgan fingerprint density at radius 3 is 2.95 bits per heavy atom. The van der Waals surface area contributed by atoms with Crippen molar-refractivity contribution in [3.8, 4) is 0 Å². The number of primary amides is 1. The van der Waals surface area contributed by atoms with Crippen molar-refractivity contribution < 1.29 is 9.59 Å². The lowest BCUT2D eigenvalue weighted by Crippen LogP contribution is -2.14. The van der Waals surface area contributed by atoms with Gasteiger partial charge in [0, 0.05) is 21.5 Å². The van der Waals surface area contributed by atoms with Gasteiger partial charge in [-0.05, 0) is 37.0 Å². The number of rotatable bonds is 2. The van der Waals surface area contributed by atoms with Crippen molar-refractivity contribution in [1.29, 1.82) is 0 Å². The van der Waals surface area contributed by atoms with E-state index in [2.05, 4.69) is 20.9 Å². The van der Waals surface area contributed by atoms with Crippen LogP contribution in [0.3, 0.4) is 0 Å². The second-order valence-corrected chi connectivity index (χ2v) is 5.78. The van der Waals surface area contributed by atoms with E-state index in [1.165, 1.54) is 5.56 Å². The van der Waals surface area contributed by atoms with Gasteiger partial charge in [0.2, 0.25) is 0 Å². The zero-order valence-corrected chi connectivity index (χ0v) is 11.8. The number of hydrogen-bond donors (Lipinski definition) is 2. The van der Waals surface area contributed by atoms with E-state index in [0.29, 0.717) is 12.0 Å². The molecule has 5 heteroatoms. The quantitative estimate of drug-likeness (QED) is 0.833. The van der Waals surface area contributed by atoms with Gasteiger partial charge in [-0.1, -0.05) is 15.9 Å². The molecule has 1 aliphatic rings. The molecule has 0 radical (unpaired) electrons. The van der Waals surface area contributed by atoms with Gasteiger partial charge in [0.15, 0.2) is 0 Å². The van der Waals surface area contributed by atoms with Gasteiger partial charge in [0.1, 0.15) is 6.29 Å². The Hall–Kier alpha value is -1.62. The Labute approximate surface area is 118 Å². The minimum absolute atomic E-state index is 0.0661. The Balaban J connectivity index is 2.27. The molecule has 0 saturated heterocycles. The van der Waals surface area contributed by atoms with Crippen LogP contribution in [0.1, 0.15) is 28.0 Å². The SMILES string of the molecule is NC(=O)c1ccc(Br)c2c3c([nH]c12)CC(C=O)CC3. The van der Waals surface area contributed by atoms with Crippen LogP contribution in [0.15, 0.2) is 16.6 Å². The van der Waals surface area contributed by atoms with E-state index in [-0.39, 0.29) is 5.92 Å². The van der Waals surface area contributed by atoms with Gasteiger partial charge in [0.05, 0.1) is 11.1 Å². The highest BCUT2D eigenvalue weighted by Crippen LogP contribution is 2.36. The summed E-state index contributed by atoms with van der Waals surface area (Å²) in [5.41, 5.74) is 8.93. The summed E-state index contributed by atoms with van der Waals surface area (Å²) in [6.07, 6.45) is 3.42. The van der Waals surface area contributed by atoms with Crippen LogP contribution in [0.2, 0.25) is 0 Å². The number of fused-ring (bicyclic) bond motifs is 3. The summed E-state index contributed by atoms with van der Waals surface area (Å²) in [5, 5.41) is 1.02. The van der Waals surface area contributed by atoms with Gasteiger partial charge in [0.25, 0.3) is 5.91 Å².